The van der Waals surface area contributed by atoms with Gasteiger partial charge in [-0.15, -0.1) is 10.2 Å². The Morgan fingerprint density at radius 3 is 2.63 bits per heavy atom. The van der Waals surface area contributed by atoms with E-state index in [0.717, 1.165) is 0 Å². The summed E-state index contributed by atoms with van der Waals surface area (Å²) < 4.78 is 29.5. The average molecular weight is 371 g/mol. The molecule has 0 saturated heterocycles. The van der Waals surface area contributed by atoms with Gasteiger partial charge < -0.3 is 19.2 Å². The van der Waals surface area contributed by atoms with Gasteiger partial charge in [0.15, 0.2) is 11.5 Å². The molecule has 1 aromatic heterocycles. The highest BCUT2D eigenvalue weighted by atomic mass is 19.1. The number of benzene rings is 2. The lowest BCUT2D eigenvalue weighted by Crippen LogP contribution is -2.25. The molecule has 0 aliphatic rings. The molecule has 2 aromatic carbocycles. The van der Waals surface area contributed by atoms with E-state index >= 15 is 0 Å². The molecule has 0 fully saturated rings. The van der Waals surface area contributed by atoms with Gasteiger partial charge in [0, 0.05) is 18.5 Å². The van der Waals surface area contributed by atoms with Crippen LogP contribution in [0.15, 0.2) is 46.9 Å². The number of rotatable bonds is 7. The van der Waals surface area contributed by atoms with E-state index in [9.17, 15) is 9.18 Å². The van der Waals surface area contributed by atoms with Gasteiger partial charge in [-0.25, -0.2) is 4.39 Å². The summed E-state index contributed by atoms with van der Waals surface area (Å²) in [5, 5.41) is 10.5. The normalized spacial score (nSPS) is 10.5. The number of aromatic nitrogens is 2. The zero-order valence-corrected chi connectivity index (χ0v) is 14.9. The summed E-state index contributed by atoms with van der Waals surface area (Å²) >= 11 is 0. The minimum absolute atomic E-state index is 0.106. The SMILES string of the molecule is COc1ccc(C(=O)NCCc2nnc(-c3ccccc3F)o2)cc1OC. The number of hydrogen-bond acceptors (Lipinski definition) is 6. The molecule has 0 atom stereocenters. The van der Waals surface area contributed by atoms with Crippen LogP contribution in [0, 0.1) is 5.82 Å². The van der Waals surface area contributed by atoms with Crippen LogP contribution >= 0.6 is 0 Å². The largest absolute Gasteiger partial charge is 0.493 e. The van der Waals surface area contributed by atoms with Crippen molar-refractivity contribution in [1.29, 1.82) is 0 Å². The Morgan fingerprint density at radius 1 is 1.11 bits per heavy atom. The van der Waals surface area contributed by atoms with Crippen LogP contribution in [0.1, 0.15) is 16.2 Å². The van der Waals surface area contributed by atoms with E-state index in [1.54, 1.807) is 36.4 Å². The highest BCUT2D eigenvalue weighted by Crippen LogP contribution is 2.27. The van der Waals surface area contributed by atoms with Crippen LogP contribution in [0.2, 0.25) is 0 Å². The van der Waals surface area contributed by atoms with Gasteiger partial charge in [-0.1, -0.05) is 12.1 Å². The molecule has 0 aliphatic heterocycles. The van der Waals surface area contributed by atoms with Gasteiger partial charge >= 0.3 is 0 Å². The molecule has 0 bridgehead atoms. The van der Waals surface area contributed by atoms with Crippen molar-refractivity contribution in [1.82, 2.24) is 15.5 Å². The first-order chi connectivity index (χ1) is 13.1. The zero-order chi connectivity index (χ0) is 19.2. The van der Waals surface area contributed by atoms with E-state index in [0.29, 0.717) is 29.4 Å². The van der Waals surface area contributed by atoms with Crippen LogP contribution in [-0.2, 0) is 6.42 Å². The van der Waals surface area contributed by atoms with Gasteiger partial charge in [0.2, 0.25) is 5.89 Å². The number of nitrogens with one attached hydrogen (secondary N) is 1. The molecule has 0 unspecified atom stereocenters. The molecule has 3 rings (SSSR count). The molecule has 7 nitrogen and oxygen atoms in total. The number of halogens is 1. The van der Waals surface area contributed by atoms with Gasteiger partial charge in [0.1, 0.15) is 5.82 Å². The van der Waals surface area contributed by atoms with Crippen LogP contribution in [0.5, 0.6) is 11.5 Å². The molecule has 27 heavy (non-hydrogen) atoms. The molecular weight excluding hydrogens is 353 g/mol. The van der Waals surface area contributed by atoms with Crippen LogP contribution in [0.4, 0.5) is 4.39 Å². The van der Waals surface area contributed by atoms with E-state index in [-0.39, 0.29) is 23.9 Å². The van der Waals surface area contributed by atoms with Crippen molar-refractivity contribution < 1.29 is 23.1 Å². The van der Waals surface area contributed by atoms with Crippen molar-refractivity contribution in [3.63, 3.8) is 0 Å². The van der Waals surface area contributed by atoms with Crippen LogP contribution in [-0.4, -0.2) is 36.9 Å². The molecule has 1 heterocycles. The van der Waals surface area contributed by atoms with E-state index < -0.39 is 5.82 Å². The molecule has 1 amide bonds. The van der Waals surface area contributed by atoms with Crippen LogP contribution in [0.3, 0.4) is 0 Å². The lowest BCUT2D eigenvalue weighted by Gasteiger charge is -2.09. The Morgan fingerprint density at radius 2 is 1.89 bits per heavy atom. The van der Waals surface area contributed by atoms with E-state index in [1.807, 2.05) is 0 Å². The summed E-state index contributed by atoms with van der Waals surface area (Å²) in [6.45, 7) is 0.284. The number of carbonyl (C=O) groups excluding carboxylic acids is 1. The number of ether oxygens (including phenoxy) is 2. The van der Waals surface area contributed by atoms with Crippen LogP contribution < -0.4 is 14.8 Å². The van der Waals surface area contributed by atoms with E-state index in [4.69, 9.17) is 13.9 Å². The predicted molar refractivity (Wildman–Crippen MR) is 95.3 cm³/mol. The minimum Gasteiger partial charge on any atom is -0.493 e. The Hall–Kier alpha value is -3.42. The van der Waals surface area contributed by atoms with Gasteiger partial charge in [0.25, 0.3) is 11.8 Å². The van der Waals surface area contributed by atoms with Crippen molar-refractivity contribution in [3.05, 3.63) is 59.7 Å². The first kappa shape index (κ1) is 18.4. The van der Waals surface area contributed by atoms with Crippen molar-refractivity contribution in [2.45, 2.75) is 6.42 Å². The molecule has 0 aliphatic carbocycles. The highest BCUT2D eigenvalue weighted by Gasteiger charge is 2.14. The molecule has 8 heteroatoms. The van der Waals surface area contributed by atoms with Gasteiger partial charge in [0.05, 0.1) is 19.8 Å². The first-order valence-corrected chi connectivity index (χ1v) is 8.20. The maximum Gasteiger partial charge on any atom is 0.251 e. The number of methoxy groups -OCH3 is 2. The van der Waals surface area contributed by atoms with Crippen molar-refractivity contribution in [2.75, 3.05) is 20.8 Å². The minimum atomic E-state index is -0.436. The molecule has 140 valence electrons. The molecular formula is C19H18FN3O4. The Labute approximate surface area is 155 Å². The monoisotopic (exact) mass is 371 g/mol. The fraction of sp³-hybridized carbons (Fsp3) is 0.211. The summed E-state index contributed by atoms with van der Waals surface area (Å²) in [4.78, 5) is 12.3. The van der Waals surface area contributed by atoms with E-state index in [2.05, 4.69) is 15.5 Å². The summed E-state index contributed by atoms with van der Waals surface area (Å²) in [6, 6.07) is 11.0. The van der Waals surface area contributed by atoms with Crippen molar-refractivity contribution >= 4 is 5.91 Å². The maximum atomic E-state index is 13.7. The van der Waals surface area contributed by atoms with Gasteiger partial charge in [-0.2, -0.15) is 0 Å². The second-order valence-corrected chi connectivity index (χ2v) is 5.56. The van der Waals surface area contributed by atoms with Gasteiger partial charge in [-0.3, -0.25) is 4.79 Å². The van der Waals surface area contributed by atoms with Crippen LogP contribution in [0.25, 0.3) is 11.5 Å². The lowest BCUT2D eigenvalue weighted by molar-refractivity contribution is 0.0953. The topological polar surface area (TPSA) is 86.5 Å². The standard InChI is InChI=1S/C19H18FN3O4/c1-25-15-8-7-12(11-16(15)26-2)18(24)21-10-9-17-22-23-19(27-17)13-5-3-4-6-14(13)20/h3-8,11H,9-10H2,1-2H3,(H,21,24). The number of amides is 1. The summed E-state index contributed by atoms with van der Waals surface area (Å²) in [6.07, 6.45) is 0.320. The highest BCUT2D eigenvalue weighted by molar-refractivity contribution is 5.94. The average Bonchev–Trinajstić information content (AvgIpc) is 3.16. The second kappa shape index (κ2) is 8.31. The zero-order valence-electron chi connectivity index (χ0n) is 14.9. The third-order valence-corrected chi connectivity index (χ3v) is 3.84. The fourth-order valence-electron chi connectivity index (χ4n) is 2.46. The summed E-state index contributed by atoms with van der Waals surface area (Å²) in [5.74, 6) is 0.714. The number of nitrogens with zero attached hydrogens (tertiary/aromatic N) is 2. The Kier molecular flexibility index (Phi) is 5.65. The first-order valence-electron chi connectivity index (χ1n) is 8.20. The predicted octanol–water partition coefficient (Wildman–Crippen LogP) is 2.87. The van der Waals surface area contributed by atoms with Crippen molar-refractivity contribution in [2.24, 2.45) is 0 Å². The smallest absolute Gasteiger partial charge is 0.251 e. The molecule has 0 radical (unpaired) electrons. The third kappa shape index (κ3) is 4.22. The molecule has 1 N–H and O–H groups in total. The summed E-state index contributed by atoms with van der Waals surface area (Å²) in [5.41, 5.74) is 0.677. The van der Waals surface area contributed by atoms with Gasteiger partial charge in [-0.05, 0) is 30.3 Å². The second-order valence-electron chi connectivity index (χ2n) is 5.56. The number of hydrogen-bond donors (Lipinski definition) is 1. The lowest BCUT2D eigenvalue weighted by atomic mass is 10.2. The quantitative estimate of drug-likeness (QED) is 0.687. The molecule has 0 saturated carbocycles. The molecule has 3 aromatic rings. The number of carbonyl (C=O) groups is 1. The third-order valence-electron chi connectivity index (χ3n) is 3.84. The summed E-state index contributed by atoms with van der Waals surface area (Å²) in [7, 11) is 3.03. The van der Waals surface area contributed by atoms with E-state index in [1.165, 1.54) is 20.3 Å². The Balaban J connectivity index is 1.59. The molecule has 0 spiro atoms. The van der Waals surface area contributed by atoms with Crippen molar-refractivity contribution in [3.8, 4) is 23.0 Å². The fourth-order valence-corrected chi connectivity index (χ4v) is 2.46. The maximum absolute atomic E-state index is 13.7. The Bertz CT molecular complexity index is 942.